The van der Waals surface area contributed by atoms with Gasteiger partial charge in [-0.15, -0.1) is 10.2 Å². The fourth-order valence-electron chi connectivity index (χ4n) is 3.00. The summed E-state index contributed by atoms with van der Waals surface area (Å²) in [6.07, 6.45) is 0. The minimum atomic E-state index is -0.311. The number of benzene rings is 2. The first-order chi connectivity index (χ1) is 13.4. The number of fused-ring (bicyclic) bond motifs is 1. The van der Waals surface area contributed by atoms with Crippen LogP contribution in [0.3, 0.4) is 0 Å². The lowest BCUT2D eigenvalue weighted by Crippen LogP contribution is -2.13. The normalized spacial score (nSPS) is 13.9. The molecule has 1 aromatic heterocycles. The van der Waals surface area contributed by atoms with Gasteiger partial charge in [0.2, 0.25) is 5.89 Å². The van der Waals surface area contributed by atoms with E-state index in [0.29, 0.717) is 34.8 Å². The van der Waals surface area contributed by atoms with E-state index in [1.807, 2.05) is 12.1 Å². The van der Waals surface area contributed by atoms with Crippen LogP contribution in [0.15, 0.2) is 46.0 Å². The van der Waals surface area contributed by atoms with Gasteiger partial charge in [-0.25, -0.2) is 4.39 Å². The molecule has 28 heavy (non-hydrogen) atoms. The van der Waals surface area contributed by atoms with E-state index in [2.05, 4.69) is 43.1 Å². The van der Waals surface area contributed by atoms with E-state index in [4.69, 9.17) is 13.9 Å². The molecule has 0 aliphatic carbocycles. The van der Waals surface area contributed by atoms with Crippen molar-refractivity contribution in [1.82, 2.24) is 10.2 Å². The van der Waals surface area contributed by atoms with E-state index < -0.39 is 0 Å². The van der Waals surface area contributed by atoms with Crippen LogP contribution in [0.2, 0.25) is 0 Å². The van der Waals surface area contributed by atoms with Crippen LogP contribution in [0.5, 0.6) is 5.75 Å². The van der Waals surface area contributed by atoms with Crippen molar-refractivity contribution in [3.63, 3.8) is 0 Å². The predicted molar refractivity (Wildman–Crippen MR) is 105 cm³/mol. The standard InChI is InChI=1S/C21H21FN2O3S/c1-21(2,3)16-6-4-13(5-7-16)19-23-24-20(27-19)28-11-15-9-17(22)8-14-10-25-12-26-18(14)15/h4-9H,10-12H2,1-3H3. The third-order valence-corrected chi connectivity index (χ3v) is 5.37. The highest BCUT2D eigenvalue weighted by atomic mass is 32.2. The number of hydrogen-bond donors (Lipinski definition) is 0. The molecular weight excluding hydrogens is 379 g/mol. The predicted octanol–water partition coefficient (Wildman–Crippen LogP) is 5.33. The number of hydrogen-bond acceptors (Lipinski definition) is 6. The van der Waals surface area contributed by atoms with E-state index in [9.17, 15) is 4.39 Å². The van der Waals surface area contributed by atoms with E-state index in [0.717, 1.165) is 11.1 Å². The number of thioether (sulfide) groups is 1. The molecule has 0 radical (unpaired) electrons. The third-order valence-electron chi connectivity index (χ3n) is 4.51. The van der Waals surface area contributed by atoms with Crippen LogP contribution in [0.4, 0.5) is 4.39 Å². The van der Waals surface area contributed by atoms with Gasteiger partial charge in [0.15, 0.2) is 6.79 Å². The molecule has 1 aliphatic heterocycles. The molecule has 146 valence electrons. The zero-order chi connectivity index (χ0) is 19.7. The highest BCUT2D eigenvalue weighted by Gasteiger charge is 2.19. The van der Waals surface area contributed by atoms with Crippen LogP contribution in [0.25, 0.3) is 11.5 Å². The first-order valence-corrected chi connectivity index (χ1v) is 9.98. The highest BCUT2D eigenvalue weighted by Crippen LogP contribution is 2.34. The molecule has 1 aliphatic rings. The van der Waals surface area contributed by atoms with Gasteiger partial charge in [-0.2, -0.15) is 0 Å². The molecule has 0 atom stereocenters. The number of rotatable bonds is 4. The van der Waals surface area contributed by atoms with E-state index >= 15 is 0 Å². The van der Waals surface area contributed by atoms with Crippen molar-refractivity contribution >= 4 is 11.8 Å². The summed E-state index contributed by atoms with van der Waals surface area (Å²) in [5.41, 5.74) is 3.66. The van der Waals surface area contributed by atoms with Crippen molar-refractivity contribution in [3.05, 3.63) is 58.9 Å². The summed E-state index contributed by atoms with van der Waals surface area (Å²) in [4.78, 5) is 0. The minimum absolute atomic E-state index is 0.0889. The van der Waals surface area contributed by atoms with Gasteiger partial charge in [0.1, 0.15) is 11.6 Å². The molecule has 7 heteroatoms. The molecular formula is C21H21FN2O3S. The lowest BCUT2D eigenvalue weighted by molar-refractivity contribution is -0.0171. The molecule has 0 fully saturated rings. The Balaban J connectivity index is 1.48. The molecule has 0 bridgehead atoms. The molecule has 0 unspecified atom stereocenters. The van der Waals surface area contributed by atoms with Crippen LogP contribution >= 0.6 is 11.8 Å². The topological polar surface area (TPSA) is 57.4 Å². The zero-order valence-corrected chi connectivity index (χ0v) is 16.8. The van der Waals surface area contributed by atoms with Crippen molar-refractivity contribution in [2.75, 3.05) is 6.79 Å². The number of aromatic nitrogens is 2. The summed E-state index contributed by atoms with van der Waals surface area (Å²) >= 11 is 1.35. The number of halogens is 1. The minimum Gasteiger partial charge on any atom is -0.467 e. The largest absolute Gasteiger partial charge is 0.467 e. The molecule has 0 amide bonds. The number of ether oxygens (including phenoxy) is 2. The van der Waals surface area contributed by atoms with Gasteiger partial charge in [-0.3, -0.25) is 0 Å². The Morgan fingerprint density at radius 1 is 1.11 bits per heavy atom. The smallest absolute Gasteiger partial charge is 0.277 e. The van der Waals surface area contributed by atoms with Crippen LogP contribution in [0.1, 0.15) is 37.5 Å². The Morgan fingerprint density at radius 3 is 2.64 bits per heavy atom. The van der Waals surface area contributed by atoms with Crippen LogP contribution in [-0.2, 0) is 22.5 Å². The Kier molecular flexibility index (Phi) is 5.12. The quantitative estimate of drug-likeness (QED) is 0.552. The Morgan fingerprint density at radius 2 is 1.89 bits per heavy atom. The second-order valence-electron chi connectivity index (χ2n) is 7.65. The van der Waals surface area contributed by atoms with Gasteiger partial charge in [0.25, 0.3) is 5.22 Å². The highest BCUT2D eigenvalue weighted by molar-refractivity contribution is 7.98. The van der Waals surface area contributed by atoms with E-state index in [1.165, 1.54) is 29.5 Å². The fourth-order valence-corrected chi connectivity index (χ4v) is 3.73. The second kappa shape index (κ2) is 7.56. The average Bonchev–Trinajstić information content (AvgIpc) is 3.14. The second-order valence-corrected chi connectivity index (χ2v) is 8.58. The fraction of sp³-hybridized carbons (Fsp3) is 0.333. The molecule has 2 heterocycles. The molecule has 4 rings (SSSR count). The molecule has 5 nitrogen and oxygen atoms in total. The Labute approximate surface area is 167 Å². The molecule has 3 aromatic rings. The maximum absolute atomic E-state index is 13.9. The first-order valence-electron chi connectivity index (χ1n) is 8.99. The lowest BCUT2D eigenvalue weighted by atomic mass is 9.87. The third kappa shape index (κ3) is 4.05. The van der Waals surface area contributed by atoms with E-state index in [-0.39, 0.29) is 18.0 Å². The first kappa shape index (κ1) is 19.0. The van der Waals surface area contributed by atoms with Crippen molar-refractivity contribution in [3.8, 4) is 17.2 Å². The van der Waals surface area contributed by atoms with Crippen molar-refractivity contribution in [2.24, 2.45) is 0 Å². The molecule has 0 saturated carbocycles. The maximum atomic E-state index is 13.9. The summed E-state index contributed by atoms with van der Waals surface area (Å²) in [7, 11) is 0. The van der Waals surface area contributed by atoms with Crippen molar-refractivity contribution in [2.45, 2.75) is 43.8 Å². The summed E-state index contributed by atoms with van der Waals surface area (Å²) in [5, 5.41) is 8.66. The Hall–Kier alpha value is -2.38. The molecule has 0 saturated heterocycles. The Bertz CT molecular complexity index is 980. The molecule has 2 aromatic carbocycles. The van der Waals surface area contributed by atoms with Crippen molar-refractivity contribution < 1.29 is 18.3 Å². The molecule has 0 spiro atoms. The summed E-state index contributed by atoms with van der Waals surface area (Å²) in [6.45, 7) is 7.03. The summed E-state index contributed by atoms with van der Waals surface area (Å²) < 4.78 is 30.4. The molecule has 0 N–H and O–H groups in total. The lowest BCUT2D eigenvalue weighted by Gasteiger charge is -2.20. The van der Waals surface area contributed by atoms with Gasteiger partial charge in [0, 0.05) is 22.4 Å². The number of nitrogens with zero attached hydrogens (tertiary/aromatic N) is 2. The van der Waals surface area contributed by atoms with Gasteiger partial charge >= 0.3 is 0 Å². The van der Waals surface area contributed by atoms with E-state index in [1.54, 1.807) is 0 Å². The van der Waals surface area contributed by atoms with Crippen molar-refractivity contribution in [1.29, 1.82) is 0 Å². The monoisotopic (exact) mass is 400 g/mol. The van der Waals surface area contributed by atoms with Gasteiger partial charge in [-0.1, -0.05) is 44.7 Å². The van der Waals surface area contributed by atoms with Crippen LogP contribution in [-0.4, -0.2) is 17.0 Å². The summed E-state index contributed by atoms with van der Waals surface area (Å²) in [6, 6.07) is 11.0. The van der Waals surface area contributed by atoms with Crippen LogP contribution in [0, 0.1) is 5.82 Å². The van der Waals surface area contributed by atoms with Gasteiger partial charge in [0.05, 0.1) is 6.61 Å². The summed E-state index contributed by atoms with van der Waals surface area (Å²) in [5.74, 6) is 1.30. The average molecular weight is 400 g/mol. The van der Waals surface area contributed by atoms with Gasteiger partial charge in [-0.05, 0) is 35.2 Å². The maximum Gasteiger partial charge on any atom is 0.277 e. The zero-order valence-electron chi connectivity index (χ0n) is 16.0. The van der Waals surface area contributed by atoms with Gasteiger partial charge < -0.3 is 13.9 Å². The SMILES string of the molecule is CC(C)(C)c1ccc(-c2nnc(SCc3cc(F)cc4c3OCOC4)o2)cc1. The van der Waals surface area contributed by atoms with Crippen LogP contribution < -0.4 is 4.74 Å².